The number of ether oxygens (including phenoxy) is 2. The van der Waals surface area contributed by atoms with Crippen molar-refractivity contribution in [1.82, 2.24) is 4.90 Å². The van der Waals surface area contributed by atoms with E-state index in [0.717, 1.165) is 32.3 Å². The van der Waals surface area contributed by atoms with Gasteiger partial charge in [-0.15, -0.1) is 0 Å². The van der Waals surface area contributed by atoms with Crippen LogP contribution in [0.15, 0.2) is 0 Å². The van der Waals surface area contributed by atoms with Gasteiger partial charge in [-0.05, 0) is 33.4 Å². The Labute approximate surface area is 161 Å². The molecule has 156 valence electrons. The number of nitrogens with zero attached hydrogens (tertiary/aromatic N) is 1. The largest absolute Gasteiger partial charge is 0.481 e. The summed E-state index contributed by atoms with van der Waals surface area (Å²) in [6.07, 6.45) is 13.4. The second-order valence-corrected chi connectivity index (χ2v) is 7.45. The summed E-state index contributed by atoms with van der Waals surface area (Å²) in [6.45, 7) is 5.17. The molecule has 5 heteroatoms. The molecule has 1 unspecified atom stereocenters. The molecule has 0 rings (SSSR count). The number of aliphatic carboxylic acids is 1. The molecule has 0 aliphatic carbocycles. The third kappa shape index (κ3) is 18.2. The van der Waals surface area contributed by atoms with Gasteiger partial charge in [-0.1, -0.05) is 58.3 Å². The van der Waals surface area contributed by atoms with Crippen molar-refractivity contribution in [3.05, 3.63) is 0 Å². The van der Waals surface area contributed by atoms with Crippen molar-refractivity contribution in [2.24, 2.45) is 0 Å². The molecule has 0 radical (unpaired) electrons. The topological polar surface area (TPSA) is 59.0 Å². The summed E-state index contributed by atoms with van der Waals surface area (Å²) in [6, 6.07) is 0.281. The minimum atomic E-state index is -0.716. The van der Waals surface area contributed by atoms with E-state index in [1.54, 1.807) is 0 Å². The number of rotatable bonds is 20. The predicted molar refractivity (Wildman–Crippen MR) is 108 cm³/mol. The van der Waals surface area contributed by atoms with Crippen molar-refractivity contribution in [1.29, 1.82) is 0 Å². The standard InChI is InChI=1S/C21H43NO4/c1-4-5-6-7-8-9-10-13-16-25-18-20(22(2)3)19-26-17-14-11-12-15-21(23)24/h20H,4-19H2,1-3H3,(H,23,24). The molecule has 0 saturated heterocycles. The third-order valence-corrected chi connectivity index (χ3v) is 4.67. The Morgan fingerprint density at radius 3 is 1.73 bits per heavy atom. The molecule has 5 nitrogen and oxygen atoms in total. The molecule has 0 aliphatic rings. The van der Waals surface area contributed by atoms with Crippen molar-refractivity contribution in [2.45, 2.75) is 90.0 Å². The van der Waals surface area contributed by atoms with Gasteiger partial charge in [-0.2, -0.15) is 0 Å². The number of carboxylic acids is 1. The van der Waals surface area contributed by atoms with E-state index < -0.39 is 5.97 Å². The van der Waals surface area contributed by atoms with E-state index in [9.17, 15) is 4.79 Å². The van der Waals surface area contributed by atoms with E-state index in [-0.39, 0.29) is 12.5 Å². The van der Waals surface area contributed by atoms with Crippen LogP contribution in [0.2, 0.25) is 0 Å². The highest BCUT2D eigenvalue weighted by Crippen LogP contribution is 2.08. The van der Waals surface area contributed by atoms with E-state index in [1.165, 1.54) is 44.9 Å². The van der Waals surface area contributed by atoms with Crippen LogP contribution < -0.4 is 0 Å². The van der Waals surface area contributed by atoms with Crippen molar-refractivity contribution >= 4 is 5.97 Å². The summed E-state index contributed by atoms with van der Waals surface area (Å²) in [7, 11) is 4.11. The molecule has 26 heavy (non-hydrogen) atoms. The second kappa shape index (κ2) is 19.1. The van der Waals surface area contributed by atoms with Gasteiger partial charge in [0.25, 0.3) is 0 Å². The first-order valence-corrected chi connectivity index (χ1v) is 10.6. The summed E-state index contributed by atoms with van der Waals surface area (Å²) >= 11 is 0. The van der Waals surface area contributed by atoms with Crippen LogP contribution in [0, 0.1) is 0 Å². The van der Waals surface area contributed by atoms with Gasteiger partial charge in [-0.3, -0.25) is 4.79 Å². The lowest BCUT2D eigenvalue weighted by Crippen LogP contribution is -2.37. The monoisotopic (exact) mass is 373 g/mol. The van der Waals surface area contributed by atoms with Gasteiger partial charge in [0, 0.05) is 19.6 Å². The average molecular weight is 374 g/mol. The molecule has 0 aromatic rings. The molecule has 0 aromatic carbocycles. The third-order valence-electron chi connectivity index (χ3n) is 4.67. The van der Waals surface area contributed by atoms with E-state index in [1.807, 2.05) is 0 Å². The van der Waals surface area contributed by atoms with E-state index in [4.69, 9.17) is 14.6 Å². The Morgan fingerprint density at radius 2 is 1.27 bits per heavy atom. The number of likely N-dealkylation sites (N-methyl/N-ethyl adjacent to an activating group) is 1. The highest BCUT2D eigenvalue weighted by Gasteiger charge is 2.11. The SMILES string of the molecule is CCCCCCCCCCOCC(COCCCCCC(=O)O)N(C)C. The van der Waals surface area contributed by atoms with Gasteiger partial charge in [0.15, 0.2) is 0 Å². The number of unbranched alkanes of at least 4 members (excludes halogenated alkanes) is 9. The average Bonchev–Trinajstić information content (AvgIpc) is 2.60. The smallest absolute Gasteiger partial charge is 0.303 e. The van der Waals surface area contributed by atoms with Crippen molar-refractivity contribution in [2.75, 3.05) is 40.5 Å². The molecule has 1 N–H and O–H groups in total. The van der Waals surface area contributed by atoms with Crippen molar-refractivity contribution in [3.8, 4) is 0 Å². The number of carboxylic acid groups (broad SMARTS) is 1. The van der Waals surface area contributed by atoms with Crippen LogP contribution in [0.3, 0.4) is 0 Å². The Bertz CT molecular complexity index is 310. The van der Waals surface area contributed by atoms with Crippen LogP contribution in [-0.2, 0) is 14.3 Å². The zero-order chi connectivity index (χ0) is 19.5. The summed E-state index contributed by atoms with van der Waals surface area (Å²) in [5.41, 5.74) is 0. The first kappa shape index (κ1) is 25.4. The molecule has 0 fully saturated rings. The van der Waals surface area contributed by atoms with Crippen LogP contribution >= 0.6 is 0 Å². The molecule has 0 amide bonds. The summed E-state index contributed by atoms with van der Waals surface area (Å²) < 4.78 is 11.6. The molecule has 0 aliphatic heterocycles. The highest BCUT2D eigenvalue weighted by atomic mass is 16.5. The number of hydrogen-bond acceptors (Lipinski definition) is 4. The minimum Gasteiger partial charge on any atom is -0.481 e. The maximum absolute atomic E-state index is 10.4. The first-order valence-electron chi connectivity index (χ1n) is 10.6. The molecule has 0 saturated carbocycles. The van der Waals surface area contributed by atoms with Crippen molar-refractivity contribution in [3.63, 3.8) is 0 Å². The second-order valence-electron chi connectivity index (χ2n) is 7.45. The fourth-order valence-electron chi connectivity index (χ4n) is 2.78. The zero-order valence-electron chi connectivity index (χ0n) is 17.5. The maximum atomic E-state index is 10.4. The molecule has 0 bridgehead atoms. The number of hydrogen-bond donors (Lipinski definition) is 1. The van der Waals surface area contributed by atoms with Crippen LogP contribution in [0.1, 0.15) is 84.0 Å². The minimum absolute atomic E-state index is 0.257. The van der Waals surface area contributed by atoms with E-state index >= 15 is 0 Å². The van der Waals surface area contributed by atoms with Gasteiger partial charge >= 0.3 is 5.97 Å². The van der Waals surface area contributed by atoms with Crippen LogP contribution in [0.25, 0.3) is 0 Å². The zero-order valence-corrected chi connectivity index (χ0v) is 17.5. The van der Waals surface area contributed by atoms with Gasteiger partial charge in [-0.25, -0.2) is 0 Å². The maximum Gasteiger partial charge on any atom is 0.303 e. The lowest BCUT2D eigenvalue weighted by Gasteiger charge is -2.24. The highest BCUT2D eigenvalue weighted by molar-refractivity contribution is 5.66. The number of carbonyl (C=O) groups is 1. The molecule has 0 spiro atoms. The quantitative estimate of drug-likeness (QED) is 0.312. The normalized spacial score (nSPS) is 12.6. The van der Waals surface area contributed by atoms with Gasteiger partial charge in [0.1, 0.15) is 0 Å². The molecular weight excluding hydrogens is 330 g/mol. The summed E-state index contributed by atoms with van der Waals surface area (Å²) in [4.78, 5) is 12.6. The fraction of sp³-hybridized carbons (Fsp3) is 0.952. The summed E-state index contributed by atoms with van der Waals surface area (Å²) in [5, 5.41) is 8.59. The lowest BCUT2D eigenvalue weighted by atomic mass is 10.1. The van der Waals surface area contributed by atoms with Gasteiger partial charge in [0.2, 0.25) is 0 Å². The van der Waals surface area contributed by atoms with Crippen LogP contribution in [0.4, 0.5) is 0 Å². The summed E-state index contributed by atoms with van der Waals surface area (Å²) in [5.74, 6) is -0.716. The van der Waals surface area contributed by atoms with Gasteiger partial charge < -0.3 is 19.5 Å². The molecule has 0 heterocycles. The Kier molecular flexibility index (Phi) is 18.6. The fourth-order valence-corrected chi connectivity index (χ4v) is 2.78. The van der Waals surface area contributed by atoms with E-state index in [0.29, 0.717) is 19.8 Å². The van der Waals surface area contributed by atoms with Crippen LogP contribution in [-0.4, -0.2) is 62.5 Å². The first-order chi connectivity index (χ1) is 12.6. The molecular formula is C21H43NO4. The van der Waals surface area contributed by atoms with E-state index in [2.05, 4.69) is 25.9 Å². The van der Waals surface area contributed by atoms with Crippen LogP contribution in [0.5, 0.6) is 0 Å². The predicted octanol–water partition coefficient (Wildman–Crippen LogP) is 4.74. The Morgan fingerprint density at radius 1 is 0.808 bits per heavy atom. The molecule has 0 aromatic heterocycles. The van der Waals surface area contributed by atoms with Gasteiger partial charge in [0.05, 0.1) is 19.3 Å². The lowest BCUT2D eigenvalue weighted by molar-refractivity contribution is -0.137. The Balaban J connectivity index is 3.49. The van der Waals surface area contributed by atoms with Crippen molar-refractivity contribution < 1.29 is 19.4 Å². The Hall–Kier alpha value is -0.650. The molecule has 1 atom stereocenters.